The lowest BCUT2D eigenvalue weighted by atomic mass is 9.96. The molecule has 1 aromatic heterocycles. The zero-order chi connectivity index (χ0) is 10.6. The first-order chi connectivity index (χ1) is 6.68. The highest BCUT2D eigenvalue weighted by atomic mass is 16.5. The van der Waals surface area contributed by atoms with Gasteiger partial charge in [-0.3, -0.25) is 0 Å². The van der Waals surface area contributed by atoms with E-state index in [9.17, 15) is 0 Å². The van der Waals surface area contributed by atoms with Gasteiger partial charge in [0.15, 0.2) is 5.82 Å². The number of anilines is 1. The Balaban J connectivity index is 3.10. The van der Waals surface area contributed by atoms with Crippen LogP contribution in [-0.4, -0.2) is 22.1 Å². The molecule has 0 saturated heterocycles. The molecule has 0 aliphatic rings. The highest BCUT2D eigenvalue weighted by Crippen LogP contribution is 2.29. The topological polar surface area (TPSA) is 73.9 Å². The quantitative estimate of drug-likeness (QED) is 0.781. The van der Waals surface area contributed by atoms with Gasteiger partial charge in [-0.15, -0.1) is 0 Å². The minimum atomic E-state index is -0.433. The first-order valence-corrected chi connectivity index (χ1v) is 4.68. The van der Waals surface area contributed by atoms with Crippen molar-refractivity contribution in [3.05, 3.63) is 12.2 Å². The number of ether oxygens (including phenoxy) is 1. The monoisotopic (exact) mass is 196 g/mol. The lowest BCUT2D eigenvalue weighted by Crippen LogP contribution is -2.29. The van der Waals surface area contributed by atoms with Gasteiger partial charge in [0.2, 0.25) is 5.95 Å². The summed E-state index contributed by atoms with van der Waals surface area (Å²) in [7, 11) is 1.66. The van der Waals surface area contributed by atoms with Gasteiger partial charge in [0.25, 0.3) is 0 Å². The fraction of sp³-hybridized carbons (Fsp3) is 0.667. The highest BCUT2D eigenvalue weighted by Gasteiger charge is 2.31. The molecule has 0 atom stereocenters. The Bertz CT molecular complexity index is 290. The van der Waals surface area contributed by atoms with Crippen LogP contribution in [0.4, 0.5) is 5.95 Å². The number of aromatic nitrogens is 3. The van der Waals surface area contributed by atoms with Crippen LogP contribution in [-0.2, 0) is 10.3 Å². The maximum atomic E-state index is 5.50. The van der Waals surface area contributed by atoms with E-state index in [4.69, 9.17) is 10.5 Å². The molecule has 0 saturated carbocycles. The fourth-order valence-corrected chi connectivity index (χ4v) is 1.47. The summed E-state index contributed by atoms with van der Waals surface area (Å²) in [5.41, 5.74) is 5.07. The molecule has 14 heavy (non-hydrogen) atoms. The van der Waals surface area contributed by atoms with Gasteiger partial charge in [0.05, 0.1) is 0 Å². The van der Waals surface area contributed by atoms with Crippen molar-refractivity contribution in [3.8, 4) is 0 Å². The first kappa shape index (κ1) is 10.8. The fourth-order valence-electron chi connectivity index (χ4n) is 1.47. The van der Waals surface area contributed by atoms with Crippen molar-refractivity contribution in [1.82, 2.24) is 15.0 Å². The van der Waals surface area contributed by atoms with Gasteiger partial charge in [-0.05, 0) is 12.8 Å². The molecule has 0 bridgehead atoms. The van der Waals surface area contributed by atoms with Gasteiger partial charge in [-0.25, -0.2) is 9.97 Å². The third-order valence-corrected chi connectivity index (χ3v) is 2.53. The molecule has 0 aliphatic heterocycles. The summed E-state index contributed by atoms with van der Waals surface area (Å²) >= 11 is 0. The molecule has 0 spiro atoms. The van der Waals surface area contributed by atoms with E-state index in [1.807, 2.05) is 13.8 Å². The summed E-state index contributed by atoms with van der Waals surface area (Å²) in [6.45, 7) is 4.07. The molecule has 2 N–H and O–H groups in total. The standard InChI is InChI=1S/C9H16N4O/c1-4-9(5-2,14-3)7-11-6-12-8(10)13-7/h6H,4-5H2,1-3H3,(H2,10,11,12,13). The Morgan fingerprint density at radius 1 is 1.36 bits per heavy atom. The average molecular weight is 196 g/mol. The van der Waals surface area contributed by atoms with Crippen LogP contribution in [0.5, 0.6) is 0 Å². The van der Waals surface area contributed by atoms with Gasteiger partial charge < -0.3 is 10.5 Å². The zero-order valence-corrected chi connectivity index (χ0v) is 8.82. The lowest BCUT2D eigenvalue weighted by Gasteiger charge is -2.27. The number of methoxy groups -OCH3 is 1. The molecule has 5 heteroatoms. The van der Waals surface area contributed by atoms with Crippen molar-refractivity contribution in [1.29, 1.82) is 0 Å². The summed E-state index contributed by atoms with van der Waals surface area (Å²) in [5, 5.41) is 0. The SMILES string of the molecule is CCC(CC)(OC)c1ncnc(N)n1. The van der Waals surface area contributed by atoms with E-state index in [2.05, 4.69) is 15.0 Å². The summed E-state index contributed by atoms with van der Waals surface area (Å²) in [4.78, 5) is 11.9. The van der Waals surface area contributed by atoms with Crippen molar-refractivity contribution < 1.29 is 4.74 Å². The number of rotatable bonds is 4. The maximum Gasteiger partial charge on any atom is 0.223 e. The summed E-state index contributed by atoms with van der Waals surface area (Å²) < 4.78 is 5.47. The third-order valence-electron chi connectivity index (χ3n) is 2.53. The van der Waals surface area contributed by atoms with Gasteiger partial charge in [-0.1, -0.05) is 13.8 Å². The van der Waals surface area contributed by atoms with Crippen molar-refractivity contribution in [2.24, 2.45) is 0 Å². The zero-order valence-electron chi connectivity index (χ0n) is 8.82. The van der Waals surface area contributed by atoms with Crippen LogP contribution < -0.4 is 5.73 Å². The molecule has 1 aromatic rings. The Morgan fingerprint density at radius 3 is 2.43 bits per heavy atom. The van der Waals surface area contributed by atoms with E-state index in [1.54, 1.807) is 7.11 Å². The highest BCUT2D eigenvalue weighted by molar-refractivity contribution is 5.15. The number of nitrogens with two attached hydrogens (primary N) is 1. The second-order valence-corrected chi connectivity index (χ2v) is 3.07. The van der Waals surface area contributed by atoms with Crippen molar-refractivity contribution in [2.45, 2.75) is 32.3 Å². The molecule has 0 unspecified atom stereocenters. The van der Waals surface area contributed by atoms with E-state index in [-0.39, 0.29) is 5.95 Å². The minimum absolute atomic E-state index is 0.235. The molecule has 5 nitrogen and oxygen atoms in total. The third kappa shape index (κ3) is 1.82. The first-order valence-electron chi connectivity index (χ1n) is 4.68. The van der Waals surface area contributed by atoms with Crippen molar-refractivity contribution >= 4 is 5.95 Å². The molecule has 0 amide bonds. The molecule has 0 radical (unpaired) electrons. The summed E-state index contributed by atoms with van der Waals surface area (Å²) in [6.07, 6.45) is 3.03. The van der Waals surface area contributed by atoms with E-state index < -0.39 is 5.60 Å². The van der Waals surface area contributed by atoms with Crippen LogP contribution in [0.1, 0.15) is 32.5 Å². The van der Waals surface area contributed by atoms with Gasteiger partial charge >= 0.3 is 0 Å². The molecular weight excluding hydrogens is 180 g/mol. The molecule has 0 aromatic carbocycles. The number of nitrogen functional groups attached to an aromatic ring is 1. The second-order valence-electron chi connectivity index (χ2n) is 3.07. The molecule has 1 rings (SSSR count). The largest absolute Gasteiger partial charge is 0.370 e. The second kappa shape index (κ2) is 4.32. The predicted octanol–water partition coefficient (Wildman–Crippen LogP) is 1.12. The Morgan fingerprint density at radius 2 is 2.00 bits per heavy atom. The Labute approximate surface area is 83.7 Å². The van der Waals surface area contributed by atoms with Crippen LogP contribution in [0.15, 0.2) is 6.33 Å². The van der Waals surface area contributed by atoms with Crippen LogP contribution in [0.2, 0.25) is 0 Å². The summed E-state index contributed by atoms with van der Waals surface area (Å²) in [5.74, 6) is 0.843. The number of nitrogens with zero attached hydrogens (tertiary/aromatic N) is 3. The van der Waals surface area contributed by atoms with Crippen molar-refractivity contribution in [2.75, 3.05) is 12.8 Å². The Hall–Kier alpha value is -1.23. The van der Waals surface area contributed by atoms with Crippen LogP contribution in [0, 0.1) is 0 Å². The predicted molar refractivity (Wildman–Crippen MR) is 53.5 cm³/mol. The average Bonchev–Trinajstić information content (AvgIpc) is 2.22. The Kier molecular flexibility index (Phi) is 3.35. The smallest absolute Gasteiger partial charge is 0.223 e. The molecule has 0 fully saturated rings. The molecule has 1 heterocycles. The molecule has 0 aliphatic carbocycles. The van der Waals surface area contributed by atoms with Gasteiger partial charge in [0.1, 0.15) is 11.9 Å². The maximum absolute atomic E-state index is 5.50. The molecule has 78 valence electrons. The van der Waals surface area contributed by atoms with Crippen molar-refractivity contribution in [3.63, 3.8) is 0 Å². The van der Waals surface area contributed by atoms with E-state index in [1.165, 1.54) is 6.33 Å². The normalized spacial score (nSPS) is 11.6. The van der Waals surface area contributed by atoms with Crippen LogP contribution in [0.3, 0.4) is 0 Å². The summed E-state index contributed by atoms with van der Waals surface area (Å²) in [6, 6.07) is 0. The van der Waals surface area contributed by atoms with Crippen LogP contribution in [0.25, 0.3) is 0 Å². The van der Waals surface area contributed by atoms with E-state index in [0.717, 1.165) is 12.8 Å². The number of hydrogen-bond donors (Lipinski definition) is 1. The minimum Gasteiger partial charge on any atom is -0.370 e. The van der Waals surface area contributed by atoms with E-state index in [0.29, 0.717) is 5.82 Å². The van der Waals surface area contributed by atoms with E-state index >= 15 is 0 Å². The molecular formula is C9H16N4O. The van der Waals surface area contributed by atoms with Crippen LogP contribution >= 0.6 is 0 Å². The van der Waals surface area contributed by atoms with Gasteiger partial charge in [-0.2, -0.15) is 4.98 Å². The number of hydrogen-bond acceptors (Lipinski definition) is 5. The van der Waals surface area contributed by atoms with Gasteiger partial charge in [0, 0.05) is 7.11 Å². The lowest BCUT2D eigenvalue weighted by molar-refractivity contribution is -0.0292.